The molecule has 0 spiro atoms. The van der Waals surface area contributed by atoms with E-state index in [0.29, 0.717) is 34.1 Å². The van der Waals surface area contributed by atoms with E-state index in [0.717, 1.165) is 78.0 Å². The van der Waals surface area contributed by atoms with Gasteiger partial charge in [0.2, 0.25) is 5.88 Å². The summed E-state index contributed by atoms with van der Waals surface area (Å²) in [6, 6.07) is 16.1. The quantitative estimate of drug-likeness (QED) is 0.173. The summed E-state index contributed by atoms with van der Waals surface area (Å²) >= 11 is 7.23. The fourth-order valence-corrected chi connectivity index (χ4v) is 7.67. The highest BCUT2D eigenvalue weighted by atomic mass is 35.5. The number of nitrogens with one attached hydrogen (secondary N) is 1. The van der Waals surface area contributed by atoms with Crippen molar-refractivity contribution in [3.8, 4) is 28.3 Å². The van der Waals surface area contributed by atoms with Gasteiger partial charge in [-0.15, -0.1) is 0 Å². The van der Waals surface area contributed by atoms with Gasteiger partial charge in [0.1, 0.15) is 5.82 Å². The fourth-order valence-electron chi connectivity index (χ4n) is 7.34. The average Bonchev–Trinajstić information content (AvgIpc) is 3.55. The summed E-state index contributed by atoms with van der Waals surface area (Å²) in [5, 5.41) is 9.32. The van der Waals surface area contributed by atoms with E-state index in [9.17, 15) is 9.59 Å². The molecule has 1 aliphatic heterocycles. The van der Waals surface area contributed by atoms with Crippen molar-refractivity contribution in [1.29, 1.82) is 0 Å². The number of pyridine rings is 2. The molecule has 3 aromatic heterocycles. The number of esters is 1. The lowest BCUT2D eigenvalue weighted by atomic mass is 9.94. The number of aromatic nitrogens is 4. The lowest BCUT2D eigenvalue weighted by Gasteiger charge is -2.35. The van der Waals surface area contributed by atoms with E-state index in [1.54, 1.807) is 32.6 Å². The lowest BCUT2D eigenvalue weighted by molar-refractivity contribution is -0.149. The minimum Gasteiger partial charge on any atom is -0.481 e. The van der Waals surface area contributed by atoms with Crippen LogP contribution in [0.5, 0.6) is 5.88 Å². The molecule has 49 heavy (non-hydrogen) atoms. The Morgan fingerprint density at radius 3 is 2.59 bits per heavy atom. The van der Waals surface area contributed by atoms with Crippen LogP contribution in [0.15, 0.2) is 65.7 Å². The number of fused-ring (bicyclic) bond motifs is 2. The first kappa shape index (κ1) is 32.7. The topological polar surface area (TPSA) is 111 Å². The first-order valence-electron chi connectivity index (χ1n) is 16.7. The molecule has 252 valence electrons. The molecular formula is C38H39ClN6O4. The molecule has 7 rings (SSSR count). The van der Waals surface area contributed by atoms with E-state index in [4.69, 9.17) is 26.1 Å². The zero-order valence-corrected chi connectivity index (χ0v) is 28.9. The van der Waals surface area contributed by atoms with Gasteiger partial charge in [0.15, 0.2) is 0 Å². The van der Waals surface area contributed by atoms with Gasteiger partial charge in [-0.1, -0.05) is 41.9 Å². The number of hydrogen-bond acceptors (Lipinski definition) is 9. The molecule has 1 atom stereocenters. The lowest BCUT2D eigenvalue weighted by Crippen LogP contribution is -2.38. The van der Waals surface area contributed by atoms with Crippen LogP contribution in [0.1, 0.15) is 48.9 Å². The maximum absolute atomic E-state index is 13.0. The van der Waals surface area contributed by atoms with Gasteiger partial charge >= 0.3 is 5.97 Å². The number of rotatable bonds is 8. The molecule has 2 aromatic carbocycles. The van der Waals surface area contributed by atoms with Gasteiger partial charge < -0.3 is 14.8 Å². The first-order chi connectivity index (χ1) is 23.8. The predicted molar refractivity (Wildman–Crippen MR) is 191 cm³/mol. The van der Waals surface area contributed by atoms with Crippen molar-refractivity contribution in [2.24, 2.45) is 13.0 Å². The van der Waals surface area contributed by atoms with E-state index in [1.165, 1.54) is 10.2 Å². The number of ether oxygens (including phenoxy) is 2. The van der Waals surface area contributed by atoms with Crippen LogP contribution in [0.3, 0.4) is 0 Å². The molecule has 1 fully saturated rings. The number of aryl methyl sites for hydroxylation is 2. The molecule has 5 aromatic rings. The van der Waals surface area contributed by atoms with Crippen molar-refractivity contribution in [3.05, 3.63) is 93.0 Å². The summed E-state index contributed by atoms with van der Waals surface area (Å²) in [5.41, 5.74) is 7.31. The standard InChI is InChI=1S/C38H39ClN6O4/c1-5-49-38(47)23-15-18-45(19-16-23)31-13-12-24-20-30(43-36(48-4)32(24)31)28-10-6-9-27(34(28)39)26-8-7-11-29(22(26)2)42-35-33-25(14-17-40-35)21-41-44(3)37(33)46/h6-11,14,17,20-21,23,31H,5,12-13,15-16,18-19H2,1-4H3,(H,40,42)/t31-/m1/s1. The normalized spacial score (nSPS) is 16.5. The van der Waals surface area contributed by atoms with Crippen LogP contribution in [0.2, 0.25) is 5.02 Å². The summed E-state index contributed by atoms with van der Waals surface area (Å²) in [5.74, 6) is 0.976. The van der Waals surface area contributed by atoms with Crippen LogP contribution in [-0.4, -0.2) is 57.4 Å². The second-order valence-corrected chi connectivity index (χ2v) is 13.1. The number of halogens is 1. The Hall–Kier alpha value is -4.80. The third kappa shape index (κ3) is 6.04. The molecule has 4 heterocycles. The van der Waals surface area contributed by atoms with Gasteiger partial charge in [-0.05, 0) is 87.5 Å². The van der Waals surface area contributed by atoms with Gasteiger partial charge in [0, 0.05) is 47.1 Å². The molecule has 0 saturated carbocycles. The van der Waals surface area contributed by atoms with Crippen molar-refractivity contribution in [1.82, 2.24) is 24.6 Å². The Morgan fingerprint density at radius 1 is 1.06 bits per heavy atom. The predicted octanol–water partition coefficient (Wildman–Crippen LogP) is 7.03. The fraction of sp³-hybridized carbons (Fsp3) is 0.342. The number of anilines is 2. The Bertz CT molecular complexity index is 2120. The smallest absolute Gasteiger partial charge is 0.309 e. The van der Waals surface area contributed by atoms with Crippen molar-refractivity contribution < 1.29 is 14.3 Å². The molecule has 0 unspecified atom stereocenters. The molecule has 0 bridgehead atoms. The number of piperidine rings is 1. The van der Waals surface area contributed by atoms with Crippen LogP contribution >= 0.6 is 11.6 Å². The molecule has 1 aliphatic carbocycles. The number of nitrogens with zero attached hydrogens (tertiary/aromatic N) is 5. The largest absolute Gasteiger partial charge is 0.481 e. The SMILES string of the molecule is CCOC(=O)C1CCN([C@@H]2CCc3cc(-c4cccc(-c5cccc(Nc6nccc7cnn(C)c(=O)c67)c5C)c4Cl)nc(OC)c32)CC1. The minimum atomic E-state index is -0.222. The molecule has 10 nitrogen and oxygen atoms in total. The number of methoxy groups -OCH3 is 1. The zero-order valence-electron chi connectivity index (χ0n) is 28.1. The van der Waals surface area contributed by atoms with Gasteiger partial charge in [-0.2, -0.15) is 5.10 Å². The van der Waals surface area contributed by atoms with Crippen molar-refractivity contribution in [2.75, 3.05) is 32.1 Å². The number of carbonyl (C=O) groups excluding carboxylic acids is 1. The highest BCUT2D eigenvalue weighted by Gasteiger charge is 2.36. The van der Waals surface area contributed by atoms with Crippen molar-refractivity contribution in [3.63, 3.8) is 0 Å². The maximum Gasteiger partial charge on any atom is 0.309 e. The Kier molecular flexibility index (Phi) is 9.09. The summed E-state index contributed by atoms with van der Waals surface area (Å²) in [6.45, 7) is 5.97. The van der Waals surface area contributed by atoms with Crippen LogP contribution in [0.25, 0.3) is 33.2 Å². The van der Waals surface area contributed by atoms with E-state index in [2.05, 4.69) is 26.4 Å². The number of likely N-dealkylation sites (tertiary alicyclic amines) is 1. The van der Waals surface area contributed by atoms with E-state index in [-0.39, 0.29) is 23.5 Å². The van der Waals surface area contributed by atoms with Crippen LogP contribution in [0.4, 0.5) is 11.5 Å². The molecule has 2 aliphatic rings. The third-order valence-electron chi connectivity index (χ3n) is 9.93. The Labute approximate surface area is 290 Å². The molecule has 0 amide bonds. The van der Waals surface area contributed by atoms with Crippen molar-refractivity contribution >= 4 is 39.8 Å². The Balaban J connectivity index is 1.19. The summed E-state index contributed by atoms with van der Waals surface area (Å²) < 4.78 is 12.5. The van der Waals surface area contributed by atoms with Gasteiger partial charge in [0.25, 0.3) is 5.56 Å². The molecule has 11 heteroatoms. The molecular weight excluding hydrogens is 640 g/mol. The number of hydrogen-bond donors (Lipinski definition) is 1. The van der Waals surface area contributed by atoms with Gasteiger partial charge in [-0.3, -0.25) is 14.5 Å². The summed E-state index contributed by atoms with van der Waals surface area (Å²) in [6.07, 6.45) is 6.81. The summed E-state index contributed by atoms with van der Waals surface area (Å²) in [4.78, 5) is 37.3. The highest BCUT2D eigenvalue weighted by Crippen LogP contribution is 2.45. The Morgan fingerprint density at radius 2 is 1.82 bits per heavy atom. The van der Waals surface area contributed by atoms with Crippen LogP contribution in [0, 0.1) is 12.8 Å². The number of benzene rings is 2. The van der Waals surface area contributed by atoms with Crippen molar-refractivity contribution in [2.45, 2.75) is 45.6 Å². The first-order valence-corrected chi connectivity index (χ1v) is 17.1. The van der Waals surface area contributed by atoms with E-state index in [1.807, 2.05) is 50.2 Å². The maximum atomic E-state index is 13.0. The van der Waals surface area contributed by atoms with E-state index >= 15 is 0 Å². The van der Waals surface area contributed by atoms with Crippen LogP contribution < -0.4 is 15.6 Å². The number of carbonyl (C=O) groups is 1. The second-order valence-electron chi connectivity index (χ2n) is 12.7. The highest BCUT2D eigenvalue weighted by molar-refractivity contribution is 6.36. The minimum absolute atomic E-state index is 0.0319. The van der Waals surface area contributed by atoms with Crippen LogP contribution in [-0.2, 0) is 23.0 Å². The second kappa shape index (κ2) is 13.6. The monoisotopic (exact) mass is 678 g/mol. The summed E-state index contributed by atoms with van der Waals surface area (Å²) in [7, 11) is 3.30. The van der Waals surface area contributed by atoms with Gasteiger partial charge in [0.05, 0.1) is 41.9 Å². The third-order valence-corrected chi connectivity index (χ3v) is 10.3. The molecule has 0 radical (unpaired) electrons. The van der Waals surface area contributed by atoms with Gasteiger partial charge in [-0.25, -0.2) is 14.6 Å². The van der Waals surface area contributed by atoms with E-state index < -0.39 is 0 Å². The zero-order chi connectivity index (χ0) is 34.2. The average molecular weight is 679 g/mol. The molecule has 1 saturated heterocycles. The molecule has 1 N–H and O–H groups in total.